The third kappa shape index (κ3) is 2.10. The van der Waals surface area contributed by atoms with E-state index in [9.17, 15) is 9.18 Å². The van der Waals surface area contributed by atoms with Crippen LogP contribution in [0.25, 0.3) is 0 Å². The summed E-state index contributed by atoms with van der Waals surface area (Å²) in [6.07, 6.45) is 0. The number of benzene rings is 1. The maximum atomic E-state index is 12.8. The highest BCUT2D eigenvalue weighted by atomic mass is 19.1. The number of hydrogen-bond donors (Lipinski definition) is 0. The lowest BCUT2D eigenvalue weighted by atomic mass is 9.96. The third-order valence-electron chi connectivity index (χ3n) is 2.25. The van der Waals surface area contributed by atoms with E-state index in [4.69, 9.17) is 0 Å². The number of rotatable bonds is 2. The molecule has 1 unspecified atom stereocenters. The first-order valence-electron chi connectivity index (χ1n) is 4.40. The highest BCUT2D eigenvalue weighted by Crippen LogP contribution is 2.21. The van der Waals surface area contributed by atoms with Gasteiger partial charge in [-0.15, -0.1) is 0 Å². The van der Waals surface area contributed by atoms with Crippen molar-refractivity contribution in [1.29, 1.82) is 0 Å². The molecule has 0 aliphatic heterocycles. The SMILES string of the molecule is COC(=O)C(C)c1ccc(F)cc1C. The van der Waals surface area contributed by atoms with Crippen LogP contribution in [0.1, 0.15) is 24.0 Å². The molecule has 0 heterocycles. The molecular weight excluding hydrogens is 183 g/mol. The van der Waals surface area contributed by atoms with Gasteiger partial charge in [0.05, 0.1) is 13.0 Å². The molecule has 2 nitrogen and oxygen atoms in total. The minimum Gasteiger partial charge on any atom is -0.469 e. The van der Waals surface area contributed by atoms with Crippen molar-refractivity contribution < 1.29 is 13.9 Å². The summed E-state index contributed by atoms with van der Waals surface area (Å²) in [5, 5.41) is 0. The molecule has 1 atom stereocenters. The first kappa shape index (κ1) is 10.7. The van der Waals surface area contributed by atoms with Crippen molar-refractivity contribution in [3.8, 4) is 0 Å². The van der Waals surface area contributed by atoms with Crippen LogP contribution in [-0.2, 0) is 9.53 Å². The van der Waals surface area contributed by atoms with E-state index in [2.05, 4.69) is 4.74 Å². The maximum Gasteiger partial charge on any atom is 0.312 e. The second kappa shape index (κ2) is 4.22. The van der Waals surface area contributed by atoms with Crippen LogP contribution >= 0.6 is 0 Å². The van der Waals surface area contributed by atoms with Crippen LogP contribution in [0.3, 0.4) is 0 Å². The van der Waals surface area contributed by atoms with Gasteiger partial charge in [0.25, 0.3) is 0 Å². The fourth-order valence-electron chi connectivity index (χ4n) is 1.43. The smallest absolute Gasteiger partial charge is 0.312 e. The molecule has 0 saturated carbocycles. The van der Waals surface area contributed by atoms with Crippen molar-refractivity contribution >= 4 is 5.97 Å². The Hall–Kier alpha value is -1.38. The molecule has 1 aromatic rings. The van der Waals surface area contributed by atoms with Crippen molar-refractivity contribution in [3.63, 3.8) is 0 Å². The van der Waals surface area contributed by atoms with Crippen molar-refractivity contribution in [2.24, 2.45) is 0 Å². The number of ether oxygens (including phenoxy) is 1. The molecule has 0 aliphatic carbocycles. The van der Waals surface area contributed by atoms with Crippen LogP contribution in [0.2, 0.25) is 0 Å². The lowest BCUT2D eigenvalue weighted by Crippen LogP contribution is -2.12. The molecule has 1 aromatic carbocycles. The van der Waals surface area contributed by atoms with Crippen LogP contribution in [0.15, 0.2) is 18.2 Å². The molecular formula is C11H13FO2. The molecule has 0 N–H and O–H groups in total. The van der Waals surface area contributed by atoms with Gasteiger partial charge in [-0.25, -0.2) is 4.39 Å². The predicted octanol–water partition coefficient (Wildman–Crippen LogP) is 2.41. The molecule has 14 heavy (non-hydrogen) atoms. The Bertz CT molecular complexity index is 347. The van der Waals surface area contributed by atoms with E-state index >= 15 is 0 Å². The maximum absolute atomic E-state index is 12.8. The molecule has 0 aliphatic rings. The Morgan fingerprint density at radius 2 is 2.14 bits per heavy atom. The largest absolute Gasteiger partial charge is 0.469 e. The molecule has 0 radical (unpaired) electrons. The van der Waals surface area contributed by atoms with Crippen LogP contribution in [0.4, 0.5) is 4.39 Å². The standard InChI is InChI=1S/C11H13FO2/c1-7-6-9(12)4-5-10(7)8(2)11(13)14-3/h4-6,8H,1-3H3. The van der Waals surface area contributed by atoms with E-state index in [1.54, 1.807) is 19.9 Å². The average Bonchev–Trinajstić information content (AvgIpc) is 2.15. The summed E-state index contributed by atoms with van der Waals surface area (Å²) in [5.74, 6) is -0.941. The van der Waals surface area contributed by atoms with Crippen LogP contribution < -0.4 is 0 Å². The summed E-state index contributed by atoms with van der Waals surface area (Å²) in [6.45, 7) is 3.52. The van der Waals surface area contributed by atoms with E-state index < -0.39 is 0 Å². The van der Waals surface area contributed by atoms with Crippen molar-refractivity contribution in [2.75, 3.05) is 7.11 Å². The van der Waals surface area contributed by atoms with Crippen LogP contribution in [-0.4, -0.2) is 13.1 Å². The highest BCUT2D eigenvalue weighted by Gasteiger charge is 2.17. The first-order chi connectivity index (χ1) is 6.56. The molecule has 0 fully saturated rings. The molecule has 0 bridgehead atoms. The van der Waals surface area contributed by atoms with E-state index in [1.165, 1.54) is 19.2 Å². The van der Waals surface area contributed by atoms with Gasteiger partial charge in [-0.05, 0) is 37.1 Å². The minimum atomic E-state index is -0.347. The topological polar surface area (TPSA) is 26.3 Å². The van der Waals surface area contributed by atoms with Gasteiger partial charge in [0, 0.05) is 0 Å². The van der Waals surface area contributed by atoms with Crippen LogP contribution in [0, 0.1) is 12.7 Å². The van der Waals surface area contributed by atoms with E-state index in [1.807, 2.05) is 0 Å². The number of aryl methyl sites for hydroxylation is 1. The summed E-state index contributed by atoms with van der Waals surface area (Å²) >= 11 is 0. The number of carbonyl (C=O) groups excluding carboxylic acids is 1. The van der Waals surface area contributed by atoms with E-state index in [-0.39, 0.29) is 17.7 Å². The van der Waals surface area contributed by atoms with Gasteiger partial charge in [0.15, 0.2) is 0 Å². The summed E-state index contributed by atoms with van der Waals surface area (Å²) in [5.41, 5.74) is 1.57. The molecule has 3 heteroatoms. The monoisotopic (exact) mass is 196 g/mol. The highest BCUT2D eigenvalue weighted by molar-refractivity contribution is 5.78. The Kier molecular flexibility index (Phi) is 3.23. The predicted molar refractivity (Wildman–Crippen MR) is 51.6 cm³/mol. The number of hydrogen-bond acceptors (Lipinski definition) is 2. The van der Waals surface area contributed by atoms with Gasteiger partial charge in [-0.2, -0.15) is 0 Å². The van der Waals surface area contributed by atoms with Gasteiger partial charge < -0.3 is 4.74 Å². The van der Waals surface area contributed by atoms with Crippen LogP contribution in [0.5, 0.6) is 0 Å². The first-order valence-corrected chi connectivity index (χ1v) is 4.40. The lowest BCUT2D eigenvalue weighted by Gasteiger charge is -2.12. The summed E-state index contributed by atoms with van der Waals surface area (Å²) in [4.78, 5) is 11.2. The Labute approximate surface area is 82.7 Å². The van der Waals surface area contributed by atoms with Gasteiger partial charge in [-0.1, -0.05) is 6.07 Å². The number of halogens is 1. The molecule has 0 spiro atoms. The van der Waals surface area contributed by atoms with E-state index in [0.717, 1.165) is 11.1 Å². The van der Waals surface area contributed by atoms with Gasteiger partial charge in [0.2, 0.25) is 0 Å². The van der Waals surface area contributed by atoms with E-state index in [0.29, 0.717) is 0 Å². The molecule has 1 rings (SSSR count). The number of esters is 1. The van der Waals surface area contributed by atoms with Crippen molar-refractivity contribution in [3.05, 3.63) is 35.1 Å². The Balaban J connectivity index is 3.01. The zero-order valence-electron chi connectivity index (χ0n) is 8.50. The molecule has 0 aromatic heterocycles. The molecule has 0 saturated heterocycles. The molecule has 76 valence electrons. The summed E-state index contributed by atoms with van der Waals surface area (Å²) < 4.78 is 17.4. The second-order valence-electron chi connectivity index (χ2n) is 3.25. The average molecular weight is 196 g/mol. The molecule has 0 amide bonds. The minimum absolute atomic E-state index is 0.289. The number of carbonyl (C=O) groups is 1. The Morgan fingerprint density at radius 3 is 2.64 bits per heavy atom. The van der Waals surface area contributed by atoms with Crippen molar-refractivity contribution in [2.45, 2.75) is 19.8 Å². The second-order valence-corrected chi connectivity index (χ2v) is 3.25. The fraction of sp³-hybridized carbons (Fsp3) is 0.364. The Morgan fingerprint density at radius 1 is 1.50 bits per heavy atom. The zero-order valence-corrected chi connectivity index (χ0v) is 8.50. The van der Waals surface area contributed by atoms with Gasteiger partial charge >= 0.3 is 5.97 Å². The third-order valence-corrected chi connectivity index (χ3v) is 2.25. The fourth-order valence-corrected chi connectivity index (χ4v) is 1.43. The number of methoxy groups -OCH3 is 1. The summed E-state index contributed by atoms with van der Waals surface area (Å²) in [7, 11) is 1.34. The lowest BCUT2D eigenvalue weighted by molar-refractivity contribution is -0.142. The van der Waals surface area contributed by atoms with Crippen molar-refractivity contribution in [1.82, 2.24) is 0 Å². The summed E-state index contributed by atoms with van der Waals surface area (Å²) in [6, 6.07) is 4.38. The zero-order chi connectivity index (χ0) is 10.7. The normalized spacial score (nSPS) is 12.3. The van der Waals surface area contributed by atoms with Gasteiger partial charge in [0.1, 0.15) is 5.82 Å². The van der Waals surface area contributed by atoms with Gasteiger partial charge in [-0.3, -0.25) is 4.79 Å². The quantitative estimate of drug-likeness (QED) is 0.679.